The number of nitrogens with zero attached hydrogens (tertiary/aromatic N) is 1. The molecule has 0 saturated carbocycles. The molecule has 1 aliphatic rings. The first-order valence-corrected chi connectivity index (χ1v) is 6.56. The zero-order chi connectivity index (χ0) is 11.8. The van der Waals surface area contributed by atoms with E-state index in [4.69, 9.17) is 4.42 Å². The van der Waals surface area contributed by atoms with Crippen LogP contribution in [0.5, 0.6) is 0 Å². The van der Waals surface area contributed by atoms with Gasteiger partial charge >= 0.3 is 0 Å². The van der Waals surface area contributed by atoms with Crippen molar-refractivity contribution in [3.8, 4) is 0 Å². The Bertz CT molecular complexity index is 521. The average Bonchev–Trinajstić information content (AvgIpc) is 2.81. The highest BCUT2D eigenvalue weighted by atomic mass is 79.9. The topological polar surface area (TPSA) is 16.4 Å². The maximum absolute atomic E-state index is 5.53. The number of likely N-dealkylation sites (N-methyl/N-ethyl adjacent to an activating group) is 1. The van der Waals surface area contributed by atoms with Gasteiger partial charge in [0.25, 0.3) is 0 Å². The minimum Gasteiger partial charge on any atom is -0.469 e. The van der Waals surface area contributed by atoms with E-state index in [1.165, 1.54) is 11.3 Å². The smallest absolute Gasteiger partial charge is 0.108 e. The predicted molar refractivity (Wildman–Crippen MR) is 72.6 cm³/mol. The molecule has 2 nitrogen and oxygen atoms in total. The van der Waals surface area contributed by atoms with Crippen LogP contribution in [0.15, 0.2) is 45.5 Å². The van der Waals surface area contributed by atoms with E-state index in [9.17, 15) is 0 Å². The number of halogens is 1. The molecule has 88 valence electrons. The molecule has 0 N–H and O–H groups in total. The van der Waals surface area contributed by atoms with E-state index in [-0.39, 0.29) is 0 Å². The summed E-state index contributed by atoms with van der Waals surface area (Å²) >= 11 is 3.54. The van der Waals surface area contributed by atoms with Crippen LogP contribution in [0.2, 0.25) is 0 Å². The van der Waals surface area contributed by atoms with Crippen molar-refractivity contribution in [2.24, 2.45) is 0 Å². The highest BCUT2D eigenvalue weighted by Gasteiger charge is 2.25. The minimum absolute atomic E-state index is 0.455. The van der Waals surface area contributed by atoms with Gasteiger partial charge in [0.15, 0.2) is 0 Å². The lowest BCUT2D eigenvalue weighted by Gasteiger charge is -2.32. The molecule has 17 heavy (non-hydrogen) atoms. The molecule has 1 aliphatic heterocycles. The molecule has 0 saturated heterocycles. The number of furan rings is 1. The highest BCUT2D eigenvalue weighted by Crippen LogP contribution is 2.35. The largest absolute Gasteiger partial charge is 0.469 e. The van der Waals surface area contributed by atoms with E-state index in [0.717, 1.165) is 23.2 Å². The normalized spacial score (nSPS) is 19.2. The van der Waals surface area contributed by atoms with Crippen LogP contribution in [-0.4, -0.2) is 13.6 Å². The number of anilines is 1. The first-order valence-electron chi connectivity index (χ1n) is 5.77. The standard InChI is InChI=1S/C14H14BrNO/c1-16-9-11(14-3-2-6-17-14)7-10-8-12(15)4-5-13(10)16/h2-6,8,11H,7,9H2,1H3. The van der Waals surface area contributed by atoms with Gasteiger partial charge in [0.05, 0.1) is 6.26 Å². The van der Waals surface area contributed by atoms with Gasteiger partial charge in [-0.05, 0) is 42.3 Å². The lowest BCUT2D eigenvalue weighted by atomic mass is 9.91. The summed E-state index contributed by atoms with van der Waals surface area (Å²) in [6.07, 6.45) is 2.80. The van der Waals surface area contributed by atoms with Gasteiger partial charge in [-0.2, -0.15) is 0 Å². The number of hydrogen-bond acceptors (Lipinski definition) is 2. The SMILES string of the molecule is CN1CC(c2ccco2)Cc2cc(Br)ccc21. The quantitative estimate of drug-likeness (QED) is 0.794. The van der Waals surface area contributed by atoms with Crippen LogP contribution in [0.25, 0.3) is 0 Å². The highest BCUT2D eigenvalue weighted by molar-refractivity contribution is 9.10. The zero-order valence-corrected chi connectivity index (χ0v) is 11.3. The van der Waals surface area contributed by atoms with Gasteiger partial charge in [0, 0.05) is 29.7 Å². The lowest BCUT2D eigenvalue weighted by Crippen LogP contribution is -2.30. The molecular formula is C14H14BrNO. The summed E-state index contributed by atoms with van der Waals surface area (Å²) in [4.78, 5) is 2.30. The van der Waals surface area contributed by atoms with E-state index in [2.05, 4.69) is 52.1 Å². The molecule has 2 heterocycles. The molecular weight excluding hydrogens is 278 g/mol. The second-order valence-electron chi connectivity index (χ2n) is 4.57. The molecule has 3 heteroatoms. The van der Waals surface area contributed by atoms with Crippen molar-refractivity contribution in [3.05, 3.63) is 52.4 Å². The first kappa shape index (κ1) is 10.9. The van der Waals surface area contributed by atoms with Crippen LogP contribution in [0.3, 0.4) is 0 Å². The van der Waals surface area contributed by atoms with Crippen LogP contribution in [-0.2, 0) is 6.42 Å². The first-order chi connectivity index (χ1) is 8.24. The molecule has 0 aliphatic carbocycles. The Morgan fingerprint density at radius 3 is 3.00 bits per heavy atom. The lowest BCUT2D eigenvalue weighted by molar-refractivity contribution is 0.452. The van der Waals surface area contributed by atoms with Gasteiger partial charge in [-0.3, -0.25) is 0 Å². The molecule has 1 unspecified atom stereocenters. The average molecular weight is 292 g/mol. The summed E-state index contributed by atoms with van der Waals surface area (Å²) in [5, 5.41) is 0. The number of benzene rings is 1. The fourth-order valence-corrected chi connectivity index (χ4v) is 2.97. The second kappa shape index (κ2) is 4.22. The van der Waals surface area contributed by atoms with Crippen molar-refractivity contribution in [2.45, 2.75) is 12.3 Å². The molecule has 2 aromatic rings. The maximum Gasteiger partial charge on any atom is 0.108 e. The van der Waals surface area contributed by atoms with Gasteiger partial charge in [-0.1, -0.05) is 15.9 Å². The maximum atomic E-state index is 5.53. The molecule has 0 bridgehead atoms. The summed E-state index contributed by atoms with van der Waals surface area (Å²) in [5.41, 5.74) is 2.71. The van der Waals surface area contributed by atoms with Crippen molar-refractivity contribution < 1.29 is 4.42 Å². The van der Waals surface area contributed by atoms with Gasteiger partial charge in [0.2, 0.25) is 0 Å². The van der Waals surface area contributed by atoms with Gasteiger partial charge in [-0.15, -0.1) is 0 Å². The molecule has 0 spiro atoms. The Kier molecular flexibility index (Phi) is 2.71. The second-order valence-corrected chi connectivity index (χ2v) is 5.49. The number of rotatable bonds is 1. The van der Waals surface area contributed by atoms with E-state index in [0.29, 0.717) is 5.92 Å². The Labute approximate surface area is 109 Å². The monoisotopic (exact) mass is 291 g/mol. The number of hydrogen-bond donors (Lipinski definition) is 0. The molecule has 0 radical (unpaired) electrons. The van der Waals surface area contributed by atoms with Crippen LogP contribution in [0.1, 0.15) is 17.2 Å². The predicted octanol–water partition coefficient (Wildman–Crippen LogP) is 3.82. The Morgan fingerprint density at radius 1 is 1.35 bits per heavy atom. The molecule has 1 aromatic carbocycles. The van der Waals surface area contributed by atoms with Crippen molar-refractivity contribution >= 4 is 21.6 Å². The third kappa shape index (κ3) is 2.00. The van der Waals surface area contributed by atoms with Gasteiger partial charge in [0.1, 0.15) is 5.76 Å². The van der Waals surface area contributed by atoms with Crippen LogP contribution >= 0.6 is 15.9 Å². The summed E-state index contributed by atoms with van der Waals surface area (Å²) in [5.74, 6) is 1.54. The van der Waals surface area contributed by atoms with Crippen LogP contribution in [0.4, 0.5) is 5.69 Å². The molecule has 0 amide bonds. The summed E-state index contributed by atoms with van der Waals surface area (Å²) in [6, 6.07) is 10.5. The molecule has 1 atom stereocenters. The fraction of sp³-hybridized carbons (Fsp3) is 0.286. The molecule has 0 fully saturated rings. The zero-order valence-electron chi connectivity index (χ0n) is 9.69. The van der Waals surface area contributed by atoms with Crippen LogP contribution in [0, 0.1) is 0 Å². The van der Waals surface area contributed by atoms with Crippen molar-refractivity contribution in [1.82, 2.24) is 0 Å². The minimum atomic E-state index is 0.455. The van der Waals surface area contributed by atoms with Crippen LogP contribution < -0.4 is 4.90 Å². The van der Waals surface area contributed by atoms with Crippen molar-refractivity contribution in [2.75, 3.05) is 18.5 Å². The van der Waals surface area contributed by atoms with Gasteiger partial charge in [-0.25, -0.2) is 0 Å². The van der Waals surface area contributed by atoms with E-state index in [1.54, 1.807) is 6.26 Å². The summed E-state index contributed by atoms with van der Waals surface area (Å²) in [6.45, 7) is 1.02. The van der Waals surface area contributed by atoms with E-state index < -0.39 is 0 Å². The third-order valence-corrected chi connectivity index (χ3v) is 3.85. The van der Waals surface area contributed by atoms with Crippen molar-refractivity contribution in [1.29, 1.82) is 0 Å². The Morgan fingerprint density at radius 2 is 2.24 bits per heavy atom. The third-order valence-electron chi connectivity index (χ3n) is 3.36. The number of fused-ring (bicyclic) bond motifs is 1. The molecule has 3 rings (SSSR count). The summed E-state index contributed by atoms with van der Waals surface area (Å²) in [7, 11) is 2.14. The Balaban J connectivity index is 1.97. The van der Waals surface area contributed by atoms with E-state index in [1.807, 2.05) is 6.07 Å². The van der Waals surface area contributed by atoms with Crippen molar-refractivity contribution in [3.63, 3.8) is 0 Å². The van der Waals surface area contributed by atoms with E-state index >= 15 is 0 Å². The summed E-state index contributed by atoms with van der Waals surface area (Å²) < 4.78 is 6.67. The van der Waals surface area contributed by atoms with Gasteiger partial charge < -0.3 is 9.32 Å². The fourth-order valence-electron chi connectivity index (χ4n) is 2.56. The molecule has 1 aromatic heterocycles. The Hall–Kier alpha value is -1.22.